The Bertz CT molecular complexity index is 344. The van der Waals surface area contributed by atoms with E-state index in [-0.39, 0.29) is 5.97 Å². The lowest BCUT2D eigenvalue weighted by Gasteiger charge is -2.03. The van der Waals surface area contributed by atoms with E-state index >= 15 is 0 Å². The molecule has 1 aromatic heterocycles. The zero-order chi connectivity index (χ0) is 12.0. The molecular formula is C12H18N2O2. The van der Waals surface area contributed by atoms with Crippen LogP contribution in [0.15, 0.2) is 12.1 Å². The summed E-state index contributed by atoms with van der Waals surface area (Å²) in [6, 6.07) is 3.87. The summed E-state index contributed by atoms with van der Waals surface area (Å²) >= 11 is 0. The van der Waals surface area contributed by atoms with Gasteiger partial charge >= 0.3 is 5.97 Å². The van der Waals surface area contributed by atoms with E-state index in [1.165, 1.54) is 7.11 Å². The van der Waals surface area contributed by atoms with Crippen molar-refractivity contribution >= 4 is 11.8 Å². The number of unbranched alkanes of at least 4 members (excludes halogenated alkanes) is 1. The van der Waals surface area contributed by atoms with Gasteiger partial charge in [-0.05, 0) is 43.9 Å². The van der Waals surface area contributed by atoms with Gasteiger partial charge in [-0.1, -0.05) is 0 Å². The molecule has 2 N–H and O–H groups in total. The Kier molecular flexibility index (Phi) is 4.76. The van der Waals surface area contributed by atoms with Crippen LogP contribution in [0.1, 0.15) is 30.5 Å². The zero-order valence-corrected chi connectivity index (χ0v) is 9.82. The number of ether oxygens (including phenoxy) is 1. The number of hydrogen-bond donors (Lipinski definition) is 1. The van der Waals surface area contributed by atoms with E-state index in [0.717, 1.165) is 30.5 Å². The van der Waals surface area contributed by atoms with Gasteiger partial charge in [0, 0.05) is 12.1 Å². The molecule has 0 aliphatic carbocycles. The highest BCUT2D eigenvalue weighted by atomic mass is 16.5. The quantitative estimate of drug-likeness (QED) is 0.610. The Morgan fingerprint density at radius 1 is 1.44 bits per heavy atom. The van der Waals surface area contributed by atoms with Gasteiger partial charge in [0.2, 0.25) is 0 Å². The zero-order valence-electron chi connectivity index (χ0n) is 9.82. The third-order valence-corrected chi connectivity index (χ3v) is 2.33. The molecule has 0 bridgehead atoms. The second-order valence-corrected chi connectivity index (χ2v) is 3.84. The van der Waals surface area contributed by atoms with Gasteiger partial charge in [-0.3, -0.25) is 4.79 Å². The number of anilines is 1. The van der Waals surface area contributed by atoms with Crippen LogP contribution in [-0.2, 0) is 16.0 Å². The summed E-state index contributed by atoms with van der Waals surface area (Å²) in [4.78, 5) is 15.1. The van der Waals surface area contributed by atoms with Crippen LogP contribution < -0.4 is 5.73 Å². The predicted octanol–water partition coefficient (Wildman–Crippen LogP) is 1.86. The lowest BCUT2D eigenvalue weighted by atomic mass is 10.1. The van der Waals surface area contributed by atoms with Crippen molar-refractivity contribution in [2.45, 2.75) is 32.6 Å². The summed E-state index contributed by atoms with van der Waals surface area (Å²) in [5, 5.41) is 0. The average molecular weight is 222 g/mol. The van der Waals surface area contributed by atoms with Gasteiger partial charge in [0.15, 0.2) is 0 Å². The van der Waals surface area contributed by atoms with Crippen molar-refractivity contribution < 1.29 is 9.53 Å². The Labute approximate surface area is 95.8 Å². The van der Waals surface area contributed by atoms with E-state index < -0.39 is 0 Å². The monoisotopic (exact) mass is 222 g/mol. The molecule has 88 valence electrons. The first kappa shape index (κ1) is 12.5. The van der Waals surface area contributed by atoms with Crippen molar-refractivity contribution in [3.8, 4) is 0 Å². The Balaban J connectivity index is 2.34. The molecular weight excluding hydrogens is 204 g/mol. The SMILES string of the molecule is COC(=O)CCCCc1cc(C)cc(N)n1. The normalized spacial score (nSPS) is 10.1. The molecule has 16 heavy (non-hydrogen) atoms. The fourth-order valence-electron chi connectivity index (χ4n) is 1.57. The number of carbonyl (C=O) groups is 1. The van der Waals surface area contributed by atoms with Crippen molar-refractivity contribution in [1.29, 1.82) is 0 Å². The summed E-state index contributed by atoms with van der Waals surface area (Å²) < 4.78 is 4.57. The van der Waals surface area contributed by atoms with Crippen LogP contribution in [0, 0.1) is 6.92 Å². The van der Waals surface area contributed by atoms with Gasteiger partial charge in [0.25, 0.3) is 0 Å². The van der Waals surface area contributed by atoms with Crippen LogP contribution in [-0.4, -0.2) is 18.1 Å². The van der Waals surface area contributed by atoms with E-state index in [0.29, 0.717) is 12.2 Å². The summed E-state index contributed by atoms with van der Waals surface area (Å²) in [7, 11) is 1.41. The predicted molar refractivity (Wildman–Crippen MR) is 63.0 cm³/mol. The minimum absolute atomic E-state index is 0.156. The standard InChI is InChI=1S/C12H18N2O2/c1-9-7-10(14-11(13)8-9)5-3-4-6-12(15)16-2/h7-8H,3-6H2,1-2H3,(H2,13,14). The summed E-state index contributed by atoms with van der Waals surface area (Å²) in [6.07, 6.45) is 3.06. The number of aromatic nitrogens is 1. The van der Waals surface area contributed by atoms with E-state index in [1.54, 1.807) is 0 Å². The van der Waals surface area contributed by atoms with Crippen molar-refractivity contribution in [3.05, 3.63) is 23.4 Å². The number of hydrogen-bond acceptors (Lipinski definition) is 4. The Morgan fingerprint density at radius 2 is 2.19 bits per heavy atom. The first-order valence-electron chi connectivity index (χ1n) is 5.41. The molecule has 0 aliphatic heterocycles. The molecule has 1 rings (SSSR count). The van der Waals surface area contributed by atoms with Crippen LogP contribution in [0.4, 0.5) is 5.82 Å². The molecule has 0 amide bonds. The van der Waals surface area contributed by atoms with Crippen LogP contribution >= 0.6 is 0 Å². The molecule has 4 heteroatoms. The fourth-order valence-corrected chi connectivity index (χ4v) is 1.57. The first-order chi connectivity index (χ1) is 7.61. The van der Waals surface area contributed by atoms with Gasteiger partial charge < -0.3 is 10.5 Å². The molecule has 0 aromatic carbocycles. The smallest absolute Gasteiger partial charge is 0.305 e. The molecule has 0 spiro atoms. The topological polar surface area (TPSA) is 65.2 Å². The molecule has 0 radical (unpaired) electrons. The Morgan fingerprint density at radius 3 is 2.81 bits per heavy atom. The van der Waals surface area contributed by atoms with Crippen LogP contribution in [0.2, 0.25) is 0 Å². The number of aryl methyl sites for hydroxylation is 2. The molecule has 0 aliphatic rings. The number of rotatable bonds is 5. The van der Waals surface area contributed by atoms with E-state index in [4.69, 9.17) is 5.73 Å². The average Bonchev–Trinajstić information content (AvgIpc) is 2.22. The number of esters is 1. The van der Waals surface area contributed by atoms with Crippen molar-refractivity contribution in [2.75, 3.05) is 12.8 Å². The number of pyridine rings is 1. The highest BCUT2D eigenvalue weighted by molar-refractivity contribution is 5.68. The molecule has 0 saturated heterocycles. The van der Waals surface area contributed by atoms with Gasteiger partial charge in [-0.25, -0.2) is 4.98 Å². The largest absolute Gasteiger partial charge is 0.469 e. The molecule has 4 nitrogen and oxygen atoms in total. The van der Waals surface area contributed by atoms with Gasteiger partial charge in [-0.15, -0.1) is 0 Å². The van der Waals surface area contributed by atoms with Crippen LogP contribution in [0.3, 0.4) is 0 Å². The van der Waals surface area contributed by atoms with Crippen LogP contribution in [0.5, 0.6) is 0 Å². The lowest BCUT2D eigenvalue weighted by molar-refractivity contribution is -0.140. The van der Waals surface area contributed by atoms with Crippen molar-refractivity contribution in [2.24, 2.45) is 0 Å². The summed E-state index contributed by atoms with van der Waals surface area (Å²) in [6.45, 7) is 2.00. The minimum Gasteiger partial charge on any atom is -0.469 e. The van der Waals surface area contributed by atoms with Crippen molar-refractivity contribution in [1.82, 2.24) is 4.98 Å². The molecule has 0 atom stereocenters. The fraction of sp³-hybridized carbons (Fsp3) is 0.500. The number of nitrogen functional groups attached to an aromatic ring is 1. The molecule has 0 saturated carbocycles. The number of nitrogens with zero attached hydrogens (tertiary/aromatic N) is 1. The Hall–Kier alpha value is -1.58. The second-order valence-electron chi connectivity index (χ2n) is 3.84. The summed E-state index contributed by atoms with van der Waals surface area (Å²) in [5.74, 6) is 0.402. The molecule has 0 unspecified atom stereocenters. The molecule has 0 fully saturated rings. The maximum atomic E-state index is 10.9. The maximum Gasteiger partial charge on any atom is 0.305 e. The number of nitrogens with two attached hydrogens (primary N) is 1. The third-order valence-electron chi connectivity index (χ3n) is 2.33. The highest BCUT2D eigenvalue weighted by Gasteiger charge is 2.01. The van der Waals surface area contributed by atoms with E-state index in [9.17, 15) is 4.79 Å². The van der Waals surface area contributed by atoms with Gasteiger partial charge in [0.1, 0.15) is 5.82 Å². The first-order valence-corrected chi connectivity index (χ1v) is 5.41. The van der Waals surface area contributed by atoms with Crippen molar-refractivity contribution in [3.63, 3.8) is 0 Å². The lowest BCUT2D eigenvalue weighted by Crippen LogP contribution is -2.01. The number of methoxy groups -OCH3 is 1. The second kappa shape index (κ2) is 6.10. The maximum absolute atomic E-state index is 10.9. The van der Waals surface area contributed by atoms with Gasteiger partial charge in [-0.2, -0.15) is 0 Å². The van der Waals surface area contributed by atoms with E-state index in [2.05, 4.69) is 9.72 Å². The molecule has 1 aromatic rings. The third kappa shape index (κ3) is 4.29. The minimum atomic E-state index is -0.156. The summed E-state index contributed by atoms with van der Waals surface area (Å²) in [5.41, 5.74) is 7.76. The molecule has 1 heterocycles. The van der Waals surface area contributed by atoms with Crippen LogP contribution in [0.25, 0.3) is 0 Å². The highest BCUT2D eigenvalue weighted by Crippen LogP contribution is 2.10. The van der Waals surface area contributed by atoms with Gasteiger partial charge in [0.05, 0.1) is 7.11 Å². The number of carbonyl (C=O) groups excluding carboxylic acids is 1. The van der Waals surface area contributed by atoms with E-state index in [1.807, 2.05) is 19.1 Å².